The number of nitrogens with zero attached hydrogens (tertiary/aromatic N) is 1. The Morgan fingerprint density at radius 1 is 1.29 bits per heavy atom. The maximum atomic E-state index is 11.8. The molecule has 5 nitrogen and oxygen atoms in total. The molecule has 2 unspecified atom stereocenters. The van der Waals surface area contributed by atoms with E-state index < -0.39 is 11.6 Å². The van der Waals surface area contributed by atoms with E-state index in [-0.39, 0.29) is 18.1 Å². The van der Waals surface area contributed by atoms with Gasteiger partial charge in [-0.25, -0.2) is 4.79 Å². The molecule has 1 aliphatic carbocycles. The van der Waals surface area contributed by atoms with Gasteiger partial charge in [0.1, 0.15) is 5.60 Å². The lowest BCUT2D eigenvalue weighted by Crippen LogP contribution is -2.39. The highest BCUT2D eigenvalue weighted by molar-refractivity contribution is 5.71. The summed E-state index contributed by atoms with van der Waals surface area (Å²) in [6.07, 6.45) is 1.50. The summed E-state index contributed by atoms with van der Waals surface area (Å²) in [4.78, 5) is 24.1. The molecule has 98 valence electrons. The minimum Gasteiger partial charge on any atom is -0.481 e. The topological polar surface area (TPSA) is 66.8 Å². The van der Waals surface area contributed by atoms with Crippen LogP contribution in [0.5, 0.6) is 0 Å². The molecule has 1 N–H and O–H groups in total. The Hall–Kier alpha value is -1.26. The van der Waals surface area contributed by atoms with Crippen molar-refractivity contribution in [3.63, 3.8) is 0 Å². The maximum Gasteiger partial charge on any atom is 0.410 e. The number of carboxylic acid groups (broad SMARTS) is 1. The lowest BCUT2D eigenvalue weighted by Gasteiger charge is -2.28. The first-order valence-electron chi connectivity index (χ1n) is 5.89. The molecule has 0 aliphatic heterocycles. The maximum absolute atomic E-state index is 11.8. The fourth-order valence-corrected chi connectivity index (χ4v) is 2.02. The Morgan fingerprint density at radius 3 is 2.29 bits per heavy atom. The highest BCUT2D eigenvalue weighted by Gasteiger charge is 2.34. The van der Waals surface area contributed by atoms with Crippen LogP contribution >= 0.6 is 0 Å². The Kier molecular flexibility index (Phi) is 4.01. The van der Waals surface area contributed by atoms with Crippen LogP contribution in [0.2, 0.25) is 0 Å². The highest BCUT2D eigenvalue weighted by atomic mass is 16.6. The van der Waals surface area contributed by atoms with Crippen molar-refractivity contribution >= 4 is 12.1 Å². The average molecular weight is 243 g/mol. The van der Waals surface area contributed by atoms with E-state index in [0.29, 0.717) is 12.8 Å². The fourth-order valence-electron chi connectivity index (χ4n) is 2.02. The summed E-state index contributed by atoms with van der Waals surface area (Å²) in [6.45, 7) is 5.44. The Balaban J connectivity index is 2.52. The normalized spacial score (nSPS) is 24.5. The first-order valence-corrected chi connectivity index (χ1v) is 5.89. The summed E-state index contributed by atoms with van der Waals surface area (Å²) in [5.74, 6) is -1.10. The molecule has 0 saturated heterocycles. The number of aliphatic carboxylic acids is 1. The van der Waals surface area contributed by atoms with Crippen molar-refractivity contribution < 1.29 is 19.4 Å². The van der Waals surface area contributed by atoms with Gasteiger partial charge in [0.2, 0.25) is 0 Å². The number of hydrogen-bond donors (Lipinski definition) is 1. The van der Waals surface area contributed by atoms with Gasteiger partial charge in [-0.05, 0) is 40.0 Å². The fraction of sp³-hybridized carbons (Fsp3) is 0.833. The first kappa shape index (κ1) is 13.8. The van der Waals surface area contributed by atoms with Crippen molar-refractivity contribution in [2.75, 3.05) is 7.05 Å². The van der Waals surface area contributed by atoms with Crippen LogP contribution < -0.4 is 0 Å². The molecule has 0 heterocycles. The Morgan fingerprint density at radius 2 is 1.88 bits per heavy atom. The lowest BCUT2D eigenvalue weighted by molar-refractivity contribution is -0.141. The van der Waals surface area contributed by atoms with Gasteiger partial charge in [0.05, 0.1) is 5.92 Å². The van der Waals surface area contributed by atoms with Gasteiger partial charge in [0.15, 0.2) is 0 Å². The number of carbonyl (C=O) groups excluding carboxylic acids is 1. The van der Waals surface area contributed by atoms with Crippen molar-refractivity contribution in [2.24, 2.45) is 5.92 Å². The molecule has 1 amide bonds. The van der Waals surface area contributed by atoms with Gasteiger partial charge in [-0.2, -0.15) is 0 Å². The summed E-state index contributed by atoms with van der Waals surface area (Å²) >= 11 is 0. The van der Waals surface area contributed by atoms with E-state index in [0.717, 1.165) is 6.42 Å². The molecule has 1 saturated carbocycles. The van der Waals surface area contributed by atoms with E-state index in [2.05, 4.69) is 0 Å². The van der Waals surface area contributed by atoms with Crippen LogP contribution in [-0.4, -0.2) is 40.8 Å². The molecule has 0 aromatic carbocycles. The van der Waals surface area contributed by atoms with Crippen LogP contribution in [0.25, 0.3) is 0 Å². The molecule has 0 radical (unpaired) electrons. The summed E-state index contributed by atoms with van der Waals surface area (Å²) in [5, 5.41) is 8.90. The van der Waals surface area contributed by atoms with E-state index in [4.69, 9.17) is 9.84 Å². The van der Waals surface area contributed by atoms with Crippen molar-refractivity contribution in [2.45, 2.75) is 51.7 Å². The standard InChI is InChI=1S/C12H21NO4/c1-12(2,3)17-11(16)13(4)9-6-5-8(7-9)10(14)15/h8-9H,5-7H2,1-4H3,(H,14,15). The summed E-state index contributed by atoms with van der Waals surface area (Å²) in [7, 11) is 1.67. The van der Waals surface area contributed by atoms with Crippen LogP contribution in [0, 0.1) is 5.92 Å². The zero-order valence-electron chi connectivity index (χ0n) is 10.9. The van der Waals surface area contributed by atoms with Gasteiger partial charge in [-0.1, -0.05) is 0 Å². The second-order valence-electron chi connectivity index (χ2n) is 5.59. The van der Waals surface area contributed by atoms with E-state index in [9.17, 15) is 9.59 Å². The van der Waals surface area contributed by atoms with E-state index in [1.165, 1.54) is 4.90 Å². The Labute approximate surface area is 102 Å². The van der Waals surface area contributed by atoms with Gasteiger partial charge in [-0.15, -0.1) is 0 Å². The van der Waals surface area contributed by atoms with Crippen molar-refractivity contribution in [3.05, 3.63) is 0 Å². The molecule has 1 rings (SSSR count). The minimum atomic E-state index is -0.773. The molecule has 17 heavy (non-hydrogen) atoms. The molecule has 0 aromatic heterocycles. The van der Waals surface area contributed by atoms with Gasteiger partial charge < -0.3 is 14.7 Å². The van der Waals surface area contributed by atoms with Crippen LogP contribution in [0.1, 0.15) is 40.0 Å². The molecule has 0 aromatic rings. The lowest BCUT2D eigenvalue weighted by atomic mass is 10.1. The minimum absolute atomic E-state index is 0.0223. The zero-order valence-corrected chi connectivity index (χ0v) is 10.9. The molecule has 0 bridgehead atoms. The highest BCUT2D eigenvalue weighted by Crippen LogP contribution is 2.29. The van der Waals surface area contributed by atoms with Gasteiger partial charge >= 0.3 is 12.1 Å². The summed E-state index contributed by atoms with van der Waals surface area (Å²) in [5.41, 5.74) is -0.518. The Bertz CT molecular complexity index is 308. The first-order chi connectivity index (χ1) is 7.70. The number of rotatable bonds is 2. The molecular formula is C12H21NO4. The smallest absolute Gasteiger partial charge is 0.410 e. The van der Waals surface area contributed by atoms with E-state index in [1.807, 2.05) is 20.8 Å². The van der Waals surface area contributed by atoms with E-state index in [1.54, 1.807) is 7.05 Å². The molecule has 0 spiro atoms. The van der Waals surface area contributed by atoms with Crippen LogP contribution in [0.4, 0.5) is 4.79 Å². The molecule has 2 atom stereocenters. The monoisotopic (exact) mass is 243 g/mol. The molecular weight excluding hydrogens is 222 g/mol. The summed E-state index contributed by atoms with van der Waals surface area (Å²) in [6, 6.07) is -0.0223. The third-order valence-corrected chi connectivity index (χ3v) is 2.98. The van der Waals surface area contributed by atoms with Crippen molar-refractivity contribution in [1.29, 1.82) is 0 Å². The van der Waals surface area contributed by atoms with Crippen molar-refractivity contribution in [3.8, 4) is 0 Å². The third kappa shape index (κ3) is 3.91. The number of carboxylic acids is 1. The molecule has 5 heteroatoms. The van der Waals surface area contributed by atoms with Crippen LogP contribution in [0.3, 0.4) is 0 Å². The average Bonchev–Trinajstić information content (AvgIpc) is 2.62. The molecule has 1 aliphatic rings. The number of carbonyl (C=O) groups is 2. The van der Waals surface area contributed by atoms with Crippen molar-refractivity contribution in [1.82, 2.24) is 4.90 Å². The predicted molar refractivity (Wildman–Crippen MR) is 62.8 cm³/mol. The number of hydrogen-bond acceptors (Lipinski definition) is 3. The predicted octanol–water partition coefficient (Wildman–Crippen LogP) is 2.11. The van der Waals surface area contributed by atoms with E-state index >= 15 is 0 Å². The largest absolute Gasteiger partial charge is 0.481 e. The number of amides is 1. The summed E-state index contributed by atoms with van der Waals surface area (Å²) < 4.78 is 5.25. The third-order valence-electron chi connectivity index (χ3n) is 2.98. The SMILES string of the molecule is CN(C(=O)OC(C)(C)C)C1CCC(C(=O)O)C1. The van der Waals surface area contributed by atoms with Crippen LogP contribution in [-0.2, 0) is 9.53 Å². The van der Waals surface area contributed by atoms with Crippen LogP contribution in [0.15, 0.2) is 0 Å². The van der Waals surface area contributed by atoms with Gasteiger partial charge in [0.25, 0.3) is 0 Å². The van der Waals surface area contributed by atoms with Gasteiger partial charge in [-0.3, -0.25) is 4.79 Å². The quantitative estimate of drug-likeness (QED) is 0.806. The second kappa shape index (κ2) is 4.94. The molecule has 1 fully saturated rings. The second-order valence-corrected chi connectivity index (χ2v) is 5.59. The number of ether oxygens (including phenoxy) is 1. The van der Waals surface area contributed by atoms with Gasteiger partial charge in [0, 0.05) is 13.1 Å². The zero-order chi connectivity index (χ0) is 13.2.